The smallest absolute Gasteiger partial charge is 0.181 e. The fourth-order valence-electron chi connectivity index (χ4n) is 1.79. The normalized spacial score (nSPS) is 10.2. The Morgan fingerprint density at radius 2 is 1.88 bits per heavy atom. The van der Waals surface area contributed by atoms with Gasteiger partial charge >= 0.3 is 0 Å². The molecule has 0 bridgehead atoms. The van der Waals surface area contributed by atoms with Crippen molar-refractivity contribution in [3.63, 3.8) is 0 Å². The van der Waals surface area contributed by atoms with Gasteiger partial charge in [0.15, 0.2) is 5.43 Å². The number of aryl methyl sites for hydroxylation is 1. The number of ether oxygens (including phenoxy) is 1. The van der Waals surface area contributed by atoms with Crippen molar-refractivity contribution in [2.45, 2.75) is 13.3 Å². The van der Waals surface area contributed by atoms with Gasteiger partial charge in [0.05, 0.1) is 7.11 Å². The van der Waals surface area contributed by atoms with Crippen LogP contribution in [0.25, 0.3) is 5.69 Å². The minimum Gasteiger partial charge on any atom is -0.496 e. The highest BCUT2D eigenvalue weighted by atomic mass is 16.5. The SMILES string of the molecule is CCc1cc(-n2ccc(=O)cc2)ccc1OC. The highest BCUT2D eigenvalue weighted by Gasteiger charge is 2.03. The Bertz CT molecular complexity index is 552. The predicted octanol–water partition coefficient (Wildman–Crippen LogP) is 2.41. The first-order valence-electron chi connectivity index (χ1n) is 5.60. The number of pyridine rings is 1. The van der Waals surface area contributed by atoms with E-state index in [0.29, 0.717) is 0 Å². The molecule has 2 aromatic rings. The van der Waals surface area contributed by atoms with E-state index in [1.165, 1.54) is 0 Å². The minimum absolute atomic E-state index is 0.0190. The molecule has 1 heterocycles. The number of benzene rings is 1. The second-order valence-electron chi connectivity index (χ2n) is 3.79. The minimum atomic E-state index is 0.0190. The van der Waals surface area contributed by atoms with Crippen LogP contribution in [-0.4, -0.2) is 11.7 Å². The average molecular weight is 229 g/mol. The number of nitrogens with zero attached hydrogens (tertiary/aromatic N) is 1. The molecular weight excluding hydrogens is 214 g/mol. The van der Waals surface area contributed by atoms with Gasteiger partial charge in [-0.3, -0.25) is 4.79 Å². The van der Waals surface area contributed by atoms with Gasteiger partial charge in [-0.15, -0.1) is 0 Å². The van der Waals surface area contributed by atoms with Crippen LogP contribution >= 0.6 is 0 Å². The molecule has 0 saturated carbocycles. The standard InChI is InChI=1S/C14H15NO2/c1-3-11-10-12(4-5-14(11)17-2)15-8-6-13(16)7-9-15/h4-10H,3H2,1-2H3. The molecule has 3 heteroatoms. The maximum Gasteiger partial charge on any atom is 0.181 e. The molecule has 0 atom stereocenters. The first-order chi connectivity index (χ1) is 8.24. The Hall–Kier alpha value is -2.03. The number of aromatic nitrogens is 1. The molecule has 0 radical (unpaired) electrons. The topological polar surface area (TPSA) is 31.2 Å². The van der Waals surface area contributed by atoms with E-state index in [9.17, 15) is 4.79 Å². The van der Waals surface area contributed by atoms with Crippen molar-refractivity contribution in [2.24, 2.45) is 0 Å². The van der Waals surface area contributed by atoms with Crippen molar-refractivity contribution in [3.8, 4) is 11.4 Å². The average Bonchev–Trinajstić information content (AvgIpc) is 2.39. The van der Waals surface area contributed by atoms with Crippen molar-refractivity contribution in [2.75, 3.05) is 7.11 Å². The van der Waals surface area contributed by atoms with E-state index < -0.39 is 0 Å². The van der Waals surface area contributed by atoms with E-state index in [1.807, 2.05) is 16.7 Å². The summed E-state index contributed by atoms with van der Waals surface area (Å²) in [5.41, 5.74) is 2.21. The van der Waals surface area contributed by atoms with Crippen molar-refractivity contribution < 1.29 is 4.74 Å². The van der Waals surface area contributed by atoms with Gasteiger partial charge in [0.25, 0.3) is 0 Å². The summed E-state index contributed by atoms with van der Waals surface area (Å²) >= 11 is 0. The molecule has 0 amide bonds. The van der Waals surface area contributed by atoms with E-state index in [2.05, 4.69) is 13.0 Å². The van der Waals surface area contributed by atoms with Gasteiger partial charge in [0, 0.05) is 30.2 Å². The summed E-state index contributed by atoms with van der Waals surface area (Å²) in [4.78, 5) is 11.0. The Balaban J connectivity index is 2.46. The van der Waals surface area contributed by atoms with Crippen LogP contribution in [0.5, 0.6) is 5.75 Å². The quantitative estimate of drug-likeness (QED) is 0.809. The van der Waals surface area contributed by atoms with E-state index >= 15 is 0 Å². The Morgan fingerprint density at radius 3 is 2.47 bits per heavy atom. The van der Waals surface area contributed by atoms with E-state index in [4.69, 9.17) is 4.74 Å². The van der Waals surface area contributed by atoms with Gasteiger partial charge in [-0.25, -0.2) is 0 Å². The molecule has 17 heavy (non-hydrogen) atoms. The molecule has 88 valence electrons. The highest BCUT2D eigenvalue weighted by molar-refractivity contribution is 5.44. The van der Waals surface area contributed by atoms with E-state index in [1.54, 1.807) is 31.6 Å². The van der Waals surface area contributed by atoms with Gasteiger partial charge in [-0.2, -0.15) is 0 Å². The zero-order chi connectivity index (χ0) is 12.3. The summed E-state index contributed by atoms with van der Waals surface area (Å²) in [7, 11) is 1.67. The van der Waals surface area contributed by atoms with Gasteiger partial charge in [0.1, 0.15) is 5.75 Å². The van der Waals surface area contributed by atoms with Gasteiger partial charge in [-0.05, 0) is 30.2 Å². The number of hydrogen-bond acceptors (Lipinski definition) is 2. The number of rotatable bonds is 3. The van der Waals surface area contributed by atoms with Crippen molar-refractivity contribution in [1.29, 1.82) is 0 Å². The van der Waals surface area contributed by atoms with Crippen molar-refractivity contribution in [3.05, 3.63) is 58.5 Å². The molecule has 3 nitrogen and oxygen atoms in total. The monoisotopic (exact) mass is 229 g/mol. The lowest BCUT2D eigenvalue weighted by atomic mass is 10.1. The third-order valence-electron chi connectivity index (χ3n) is 2.74. The summed E-state index contributed by atoms with van der Waals surface area (Å²) in [5, 5.41) is 0. The van der Waals surface area contributed by atoms with Crippen LogP contribution in [0.15, 0.2) is 47.5 Å². The molecule has 0 unspecified atom stereocenters. The largest absolute Gasteiger partial charge is 0.496 e. The van der Waals surface area contributed by atoms with Crippen LogP contribution in [0, 0.1) is 0 Å². The number of methoxy groups -OCH3 is 1. The Kier molecular flexibility index (Phi) is 3.28. The van der Waals surface area contributed by atoms with Gasteiger partial charge in [-0.1, -0.05) is 6.92 Å². The maximum absolute atomic E-state index is 11.0. The first kappa shape index (κ1) is 11.5. The number of hydrogen-bond donors (Lipinski definition) is 0. The summed E-state index contributed by atoms with van der Waals surface area (Å²) < 4.78 is 7.20. The fourth-order valence-corrected chi connectivity index (χ4v) is 1.79. The molecule has 0 aliphatic carbocycles. The molecule has 2 rings (SSSR count). The first-order valence-corrected chi connectivity index (χ1v) is 5.60. The Morgan fingerprint density at radius 1 is 1.18 bits per heavy atom. The second kappa shape index (κ2) is 4.87. The third kappa shape index (κ3) is 2.38. The lowest BCUT2D eigenvalue weighted by Gasteiger charge is -2.11. The van der Waals surface area contributed by atoms with Gasteiger partial charge in [0.2, 0.25) is 0 Å². The highest BCUT2D eigenvalue weighted by Crippen LogP contribution is 2.22. The summed E-state index contributed by atoms with van der Waals surface area (Å²) in [6, 6.07) is 9.10. The van der Waals surface area contributed by atoms with Crippen molar-refractivity contribution in [1.82, 2.24) is 4.57 Å². The molecule has 0 N–H and O–H groups in total. The molecule has 0 aliphatic rings. The third-order valence-corrected chi connectivity index (χ3v) is 2.74. The predicted molar refractivity (Wildman–Crippen MR) is 68.0 cm³/mol. The van der Waals surface area contributed by atoms with Crippen LogP contribution in [0.4, 0.5) is 0 Å². The molecule has 0 aliphatic heterocycles. The summed E-state index contributed by atoms with van der Waals surface area (Å²) in [6.45, 7) is 2.09. The lowest BCUT2D eigenvalue weighted by Crippen LogP contribution is -2.02. The summed E-state index contributed by atoms with van der Waals surface area (Å²) in [6.07, 6.45) is 4.45. The van der Waals surface area contributed by atoms with Crippen molar-refractivity contribution >= 4 is 0 Å². The molecule has 0 fully saturated rings. The van der Waals surface area contributed by atoms with Crippen LogP contribution < -0.4 is 10.2 Å². The second-order valence-corrected chi connectivity index (χ2v) is 3.79. The summed E-state index contributed by atoms with van der Waals surface area (Å²) in [5.74, 6) is 0.900. The molecular formula is C14H15NO2. The van der Waals surface area contributed by atoms with E-state index in [0.717, 1.165) is 23.4 Å². The lowest BCUT2D eigenvalue weighted by molar-refractivity contribution is 0.410. The molecule has 1 aromatic heterocycles. The van der Waals surface area contributed by atoms with E-state index in [-0.39, 0.29) is 5.43 Å². The van der Waals surface area contributed by atoms with Crippen LogP contribution in [-0.2, 0) is 6.42 Å². The maximum atomic E-state index is 11.0. The Labute approximate surface area is 100 Å². The molecule has 1 aromatic carbocycles. The molecule has 0 spiro atoms. The van der Waals surface area contributed by atoms with Crippen LogP contribution in [0.3, 0.4) is 0 Å². The fraction of sp³-hybridized carbons (Fsp3) is 0.214. The zero-order valence-corrected chi connectivity index (χ0v) is 10.0. The zero-order valence-electron chi connectivity index (χ0n) is 10.0. The van der Waals surface area contributed by atoms with Crippen LogP contribution in [0.1, 0.15) is 12.5 Å². The van der Waals surface area contributed by atoms with Gasteiger partial charge < -0.3 is 9.30 Å². The van der Waals surface area contributed by atoms with Crippen LogP contribution in [0.2, 0.25) is 0 Å². The molecule has 0 saturated heterocycles.